The molecule has 0 saturated heterocycles. The fourth-order valence-corrected chi connectivity index (χ4v) is 2.63. The van der Waals surface area contributed by atoms with Crippen LogP contribution in [0.4, 0.5) is 26.3 Å². The quantitative estimate of drug-likeness (QED) is 0.321. The summed E-state index contributed by atoms with van der Waals surface area (Å²) >= 11 is 0. The van der Waals surface area contributed by atoms with Gasteiger partial charge in [-0.05, 0) is 36.8 Å². The Balaban J connectivity index is 0.000000890. The summed E-state index contributed by atoms with van der Waals surface area (Å²) < 4.78 is 78.5. The first-order valence-corrected chi connectivity index (χ1v) is 8.89. The van der Waals surface area contributed by atoms with Gasteiger partial charge in [-0.15, -0.1) is 10.1 Å². The van der Waals surface area contributed by atoms with Crippen molar-refractivity contribution in [3.05, 3.63) is 93.8 Å². The van der Waals surface area contributed by atoms with Gasteiger partial charge in [-0.25, -0.2) is 9.67 Å². The number of aromatic nitrogens is 4. The van der Waals surface area contributed by atoms with Crippen LogP contribution in [-0.4, -0.2) is 30.0 Å². The highest BCUT2D eigenvalue weighted by molar-refractivity contribution is 5.78. The molecule has 176 valence electrons. The van der Waals surface area contributed by atoms with Crippen LogP contribution >= 0.6 is 0 Å². The van der Waals surface area contributed by atoms with Crippen molar-refractivity contribution < 1.29 is 36.6 Å². The van der Waals surface area contributed by atoms with Crippen LogP contribution in [0.3, 0.4) is 0 Å². The van der Waals surface area contributed by atoms with E-state index in [9.17, 15) is 26.3 Å². The molecular weight excluding hydrogens is 460 g/mol. The molecule has 0 aliphatic carbocycles. The van der Waals surface area contributed by atoms with E-state index in [1.54, 1.807) is 13.0 Å². The zero-order chi connectivity index (χ0) is 24.8. The van der Waals surface area contributed by atoms with Crippen LogP contribution in [0.1, 0.15) is 35.3 Å². The number of hydrogen-bond donors (Lipinski definition) is 1. The minimum atomic E-state index is -4.54. The van der Waals surface area contributed by atoms with Gasteiger partial charge in [0.15, 0.2) is 0 Å². The normalized spacial score (nSPS) is 13.1. The van der Waals surface area contributed by atoms with Gasteiger partial charge in [0.05, 0.1) is 22.9 Å². The average molecular weight is 475 g/mol. The molecule has 0 aliphatic rings. The first kappa shape index (κ1) is 25.3. The van der Waals surface area contributed by atoms with Crippen molar-refractivity contribution in [3.63, 3.8) is 0 Å². The van der Waals surface area contributed by atoms with E-state index in [0.29, 0.717) is 17.3 Å². The SMILES string of the molecule is CC(C=C(c1ccc(C(F)(F)F)cc1)c1ccc(C(F)(F)F)cn1)n1cncn1.O=[N+]([O-])O. The number of alkyl halides is 6. The monoisotopic (exact) mass is 475 g/mol. The molecule has 2 heterocycles. The summed E-state index contributed by atoms with van der Waals surface area (Å²) in [6.07, 6.45) is -3.94. The van der Waals surface area contributed by atoms with Crippen molar-refractivity contribution >= 4 is 5.57 Å². The summed E-state index contributed by atoms with van der Waals surface area (Å²) in [4.78, 5) is 16.1. The highest BCUT2D eigenvalue weighted by Gasteiger charge is 2.31. The first-order chi connectivity index (χ1) is 15.3. The molecule has 1 aromatic carbocycles. The first-order valence-electron chi connectivity index (χ1n) is 8.89. The molecule has 3 rings (SSSR count). The number of benzene rings is 1. The van der Waals surface area contributed by atoms with Gasteiger partial charge in [-0.2, -0.15) is 31.4 Å². The maximum atomic E-state index is 12.8. The summed E-state index contributed by atoms with van der Waals surface area (Å²) in [6.45, 7) is 1.75. The van der Waals surface area contributed by atoms with Crippen molar-refractivity contribution in [3.8, 4) is 0 Å². The van der Waals surface area contributed by atoms with E-state index in [2.05, 4.69) is 15.1 Å². The van der Waals surface area contributed by atoms with E-state index < -0.39 is 28.6 Å². The van der Waals surface area contributed by atoms with Crippen molar-refractivity contribution in [2.45, 2.75) is 25.3 Å². The molecule has 1 atom stereocenters. The maximum absolute atomic E-state index is 12.8. The van der Waals surface area contributed by atoms with Crippen LogP contribution in [0.2, 0.25) is 0 Å². The van der Waals surface area contributed by atoms with Crippen LogP contribution in [-0.2, 0) is 12.4 Å². The van der Waals surface area contributed by atoms with Gasteiger partial charge < -0.3 is 5.21 Å². The molecule has 1 N–H and O–H groups in total. The Hall–Kier alpha value is -3.97. The third-order valence-corrected chi connectivity index (χ3v) is 4.15. The van der Waals surface area contributed by atoms with Crippen molar-refractivity contribution in [2.24, 2.45) is 0 Å². The number of halogens is 6. The van der Waals surface area contributed by atoms with Crippen molar-refractivity contribution in [1.82, 2.24) is 19.7 Å². The van der Waals surface area contributed by atoms with Crippen LogP contribution in [0.25, 0.3) is 5.57 Å². The summed E-state index contributed by atoms with van der Waals surface area (Å²) in [7, 11) is 0. The Bertz CT molecular complexity index is 1020. The number of rotatable bonds is 4. The minimum Gasteiger partial charge on any atom is -0.328 e. The summed E-state index contributed by atoms with van der Waals surface area (Å²) in [5.41, 5.74) is -0.819. The molecule has 1 unspecified atom stereocenters. The molecular formula is C19H15F6N5O3. The molecule has 2 aromatic heterocycles. The summed E-state index contributed by atoms with van der Waals surface area (Å²) in [5.74, 6) is 0. The second-order valence-corrected chi connectivity index (χ2v) is 6.44. The van der Waals surface area contributed by atoms with E-state index >= 15 is 0 Å². The van der Waals surface area contributed by atoms with Gasteiger partial charge in [-0.1, -0.05) is 18.2 Å². The molecule has 0 spiro atoms. The van der Waals surface area contributed by atoms with Gasteiger partial charge in [0.2, 0.25) is 0 Å². The van der Waals surface area contributed by atoms with Gasteiger partial charge in [0.25, 0.3) is 5.09 Å². The standard InChI is InChI=1S/C19H14F6N4.HNO3/c1-12(29-11-26-10-28-29)8-16(13-2-4-14(5-3-13)18(20,21)22)17-7-6-15(9-27-17)19(23,24)25;2-1(3)4/h2-12H,1H3;(H,2,3,4). The fourth-order valence-electron chi connectivity index (χ4n) is 2.63. The molecule has 0 bridgehead atoms. The Morgan fingerprint density at radius 3 is 2.03 bits per heavy atom. The smallest absolute Gasteiger partial charge is 0.328 e. The largest absolute Gasteiger partial charge is 0.417 e. The van der Waals surface area contributed by atoms with Crippen LogP contribution in [0.15, 0.2) is 61.3 Å². The van der Waals surface area contributed by atoms with E-state index in [-0.39, 0.29) is 11.7 Å². The second-order valence-electron chi connectivity index (χ2n) is 6.44. The predicted molar refractivity (Wildman–Crippen MR) is 101 cm³/mol. The van der Waals surface area contributed by atoms with Crippen LogP contribution in [0, 0.1) is 10.1 Å². The van der Waals surface area contributed by atoms with E-state index in [1.807, 2.05) is 0 Å². The molecule has 8 nitrogen and oxygen atoms in total. The lowest BCUT2D eigenvalue weighted by Crippen LogP contribution is -2.08. The third kappa shape index (κ3) is 7.29. The average Bonchev–Trinajstić information content (AvgIpc) is 3.25. The molecule has 0 aliphatic heterocycles. The Morgan fingerprint density at radius 1 is 1.06 bits per heavy atom. The maximum Gasteiger partial charge on any atom is 0.417 e. The molecule has 0 fully saturated rings. The number of allylic oxidation sites excluding steroid dienone is 1. The van der Waals surface area contributed by atoms with Gasteiger partial charge in [-0.3, -0.25) is 4.98 Å². The predicted octanol–water partition coefficient (Wildman–Crippen LogP) is 5.06. The zero-order valence-electron chi connectivity index (χ0n) is 16.6. The van der Waals surface area contributed by atoms with Crippen LogP contribution in [0.5, 0.6) is 0 Å². The second kappa shape index (κ2) is 10.1. The Kier molecular flexibility index (Phi) is 7.74. The lowest BCUT2D eigenvalue weighted by Gasteiger charge is -2.14. The molecule has 14 heteroatoms. The highest BCUT2D eigenvalue weighted by atomic mass is 19.4. The third-order valence-electron chi connectivity index (χ3n) is 4.15. The number of pyridine rings is 1. The minimum absolute atomic E-state index is 0.185. The lowest BCUT2D eigenvalue weighted by molar-refractivity contribution is -0.742. The van der Waals surface area contributed by atoms with E-state index in [4.69, 9.17) is 15.3 Å². The van der Waals surface area contributed by atoms with Gasteiger partial charge in [0, 0.05) is 11.8 Å². The molecule has 0 saturated carbocycles. The molecule has 3 aromatic rings. The fraction of sp³-hybridized carbons (Fsp3) is 0.211. The van der Waals surface area contributed by atoms with Crippen molar-refractivity contribution in [1.29, 1.82) is 0 Å². The van der Waals surface area contributed by atoms with E-state index in [0.717, 1.165) is 18.2 Å². The summed E-state index contributed by atoms with van der Waals surface area (Å²) in [6, 6.07) is 6.00. The Morgan fingerprint density at radius 2 is 1.61 bits per heavy atom. The van der Waals surface area contributed by atoms with E-state index in [1.165, 1.54) is 35.5 Å². The molecule has 0 radical (unpaired) electrons. The lowest BCUT2D eigenvalue weighted by atomic mass is 9.98. The van der Waals surface area contributed by atoms with Gasteiger partial charge >= 0.3 is 12.4 Å². The Labute approximate surface area is 181 Å². The molecule has 33 heavy (non-hydrogen) atoms. The van der Waals surface area contributed by atoms with Gasteiger partial charge in [0.1, 0.15) is 12.7 Å². The summed E-state index contributed by atoms with van der Waals surface area (Å²) in [5, 5.41) is 17.6. The van der Waals surface area contributed by atoms with Crippen LogP contribution < -0.4 is 0 Å². The topological polar surface area (TPSA) is 107 Å². The molecule has 0 amide bonds. The van der Waals surface area contributed by atoms with Crippen molar-refractivity contribution in [2.75, 3.05) is 0 Å². The number of hydrogen-bond acceptors (Lipinski definition) is 5. The highest BCUT2D eigenvalue weighted by Crippen LogP contribution is 2.33. The zero-order valence-corrected chi connectivity index (χ0v) is 16.6. The number of nitrogens with zero attached hydrogens (tertiary/aromatic N) is 5.